The normalized spacial score (nSPS) is 11.3. The molecule has 0 unspecified atom stereocenters. The maximum absolute atomic E-state index is 13.3. The van der Waals surface area contributed by atoms with E-state index >= 15 is 0 Å². The summed E-state index contributed by atoms with van der Waals surface area (Å²) in [5.41, 5.74) is 3.59. The Balaban J connectivity index is 0.00000380. The number of para-hydroxylation sites is 2. The highest BCUT2D eigenvalue weighted by molar-refractivity contribution is 7.92. The highest BCUT2D eigenvalue weighted by Crippen LogP contribution is 2.31. The number of aromatic nitrogens is 2. The number of aliphatic hydroxyl groups is 1. The predicted octanol–water partition coefficient (Wildman–Crippen LogP) is 4.20. The molecule has 4 aromatic rings. The van der Waals surface area contributed by atoms with Gasteiger partial charge in [-0.1, -0.05) is 30.3 Å². The third-order valence-corrected chi connectivity index (χ3v) is 6.84. The number of fused-ring (bicyclic) bond motifs is 1. The predicted molar refractivity (Wildman–Crippen MR) is 148 cm³/mol. The smallest absolute Gasteiger partial charge is 0.263 e. The number of nitrogens with one attached hydrogen (secondary N) is 2. The summed E-state index contributed by atoms with van der Waals surface area (Å²) in [5.74, 6) is 0.894. The van der Waals surface area contributed by atoms with Crippen molar-refractivity contribution >= 4 is 50.8 Å². The quantitative estimate of drug-likeness (QED) is 0.272. The van der Waals surface area contributed by atoms with Gasteiger partial charge in [0.2, 0.25) is 0 Å². The molecule has 0 aliphatic rings. The van der Waals surface area contributed by atoms with E-state index in [9.17, 15) is 13.5 Å². The molecule has 9 nitrogen and oxygen atoms in total. The minimum absolute atomic E-state index is 0. The van der Waals surface area contributed by atoms with Gasteiger partial charge >= 0.3 is 0 Å². The maximum Gasteiger partial charge on any atom is 0.263 e. The SMILES string of the molecule is COc1ccc(CCO)c(Nc2nc3ccccc3nc2NS(=O)(=O)c2ccc(CN(C)C)cc2)c1.Cl. The van der Waals surface area contributed by atoms with E-state index in [-0.39, 0.29) is 35.5 Å². The lowest BCUT2D eigenvalue weighted by atomic mass is 10.1. The molecule has 11 heteroatoms. The van der Waals surface area contributed by atoms with Crippen LogP contribution in [0.25, 0.3) is 11.0 Å². The zero-order chi connectivity index (χ0) is 25.7. The van der Waals surface area contributed by atoms with Crippen LogP contribution in [0.4, 0.5) is 17.3 Å². The Kier molecular flexibility index (Phi) is 9.28. The van der Waals surface area contributed by atoms with Gasteiger partial charge in [0.05, 0.1) is 23.0 Å². The van der Waals surface area contributed by atoms with Crippen molar-refractivity contribution in [2.24, 2.45) is 0 Å². The van der Waals surface area contributed by atoms with E-state index in [0.29, 0.717) is 35.4 Å². The Morgan fingerprint density at radius 1 is 0.946 bits per heavy atom. The summed E-state index contributed by atoms with van der Waals surface area (Å²) in [6.45, 7) is 0.655. The largest absolute Gasteiger partial charge is 0.497 e. The molecular formula is C26H30ClN5O4S. The Morgan fingerprint density at radius 2 is 1.59 bits per heavy atom. The van der Waals surface area contributed by atoms with Gasteiger partial charge in [0.25, 0.3) is 10.0 Å². The fourth-order valence-electron chi connectivity index (χ4n) is 3.75. The molecule has 3 aromatic carbocycles. The number of nitrogens with zero attached hydrogens (tertiary/aromatic N) is 3. The van der Waals surface area contributed by atoms with Crippen LogP contribution in [0.15, 0.2) is 71.6 Å². The number of ether oxygens (including phenoxy) is 1. The van der Waals surface area contributed by atoms with Gasteiger partial charge in [-0.15, -0.1) is 12.4 Å². The summed E-state index contributed by atoms with van der Waals surface area (Å²) in [6.07, 6.45) is 0.397. The highest BCUT2D eigenvalue weighted by atomic mass is 35.5. The molecule has 0 radical (unpaired) electrons. The average Bonchev–Trinajstić information content (AvgIpc) is 2.85. The van der Waals surface area contributed by atoms with Crippen molar-refractivity contribution in [3.8, 4) is 5.75 Å². The zero-order valence-corrected chi connectivity index (χ0v) is 22.4. The summed E-state index contributed by atoms with van der Waals surface area (Å²) in [5, 5.41) is 12.7. The van der Waals surface area contributed by atoms with Crippen molar-refractivity contribution in [1.29, 1.82) is 0 Å². The lowest BCUT2D eigenvalue weighted by Gasteiger charge is -2.17. The molecule has 0 saturated heterocycles. The van der Waals surface area contributed by atoms with E-state index in [2.05, 4.69) is 20.0 Å². The number of aliphatic hydroxyl groups excluding tert-OH is 1. The first-order valence-electron chi connectivity index (χ1n) is 11.4. The van der Waals surface area contributed by atoms with E-state index in [1.165, 1.54) is 0 Å². The first-order chi connectivity index (χ1) is 17.3. The lowest BCUT2D eigenvalue weighted by Crippen LogP contribution is -2.16. The van der Waals surface area contributed by atoms with Crippen LogP contribution in [-0.4, -0.2) is 56.2 Å². The van der Waals surface area contributed by atoms with Crippen LogP contribution in [0.1, 0.15) is 11.1 Å². The van der Waals surface area contributed by atoms with Crippen molar-refractivity contribution < 1.29 is 18.3 Å². The number of halogens is 1. The number of hydrogen-bond acceptors (Lipinski definition) is 8. The number of methoxy groups -OCH3 is 1. The van der Waals surface area contributed by atoms with Crippen LogP contribution < -0.4 is 14.8 Å². The van der Waals surface area contributed by atoms with Crippen LogP contribution >= 0.6 is 12.4 Å². The molecule has 1 heterocycles. The van der Waals surface area contributed by atoms with Gasteiger partial charge in [-0.25, -0.2) is 18.4 Å². The fourth-order valence-corrected chi connectivity index (χ4v) is 4.76. The highest BCUT2D eigenvalue weighted by Gasteiger charge is 2.20. The molecule has 196 valence electrons. The van der Waals surface area contributed by atoms with E-state index in [4.69, 9.17) is 4.74 Å². The van der Waals surface area contributed by atoms with Crippen LogP contribution in [0.5, 0.6) is 5.75 Å². The van der Waals surface area contributed by atoms with Crippen molar-refractivity contribution in [1.82, 2.24) is 14.9 Å². The lowest BCUT2D eigenvalue weighted by molar-refractivity contribution is 0.299. The Labute approximate surface area is 223 Å². The second kappa shape index (κ2) is 12.2. The second-order valence-electron chi connectivity index (χ2n) is 8.52. The Hall–Kier alpha value is -3.44. The van der Waals surface area contributed by atoms with E-state index < -0.39 is 10.0 Å². The van der Waals surface area contributed by atoms with Crippen molar-refractivity contribution in [3.63, 3.8) is 0 Å². The number of anilines is 3. The summed E-state index contributed by atoms with van der Waals surface area (Å²) in [4.78, 5) is 11.3. The minimum Gasteiger partial charge on any atom is -0.497 e. The monoisotopic (exact) mass is 543 g/mol. The summed E-state index contributed by atoms with van der Waals surface area (Å²) < 4.78 is 34.5. The molecule has 3 N–H and O–H groups in total. The van der Waals surface area contributed by atoms with E-state index in [1.54, 1.807) is 55.6 Å². The van der Waals surface area contributed by atoms with E-state index in [1.807, 2.05) is 37.2 Å². The molecular weight excluding hydrogens is 514 g/mol. The first-order valence-corrected chi connectivity index (χ1v) is 12.9. The van der Waals surface area contributed by atoms with Crippen LogP contribution in [0.2, 0.25) is 0 Å². The average molecular weight is 544 g/mol. The zero-order valence-electron chi connectivity index (χ0n) is 20.8. The molecule has 0 bridgehead atoms. The molecule has 4 rings (SSSR count). The molecule has 0 spiro atoms. The number of hydrogen-bond donors (Lipinski definition) is 3. The van der Waals surface area contributed by atoms with Crippen LogP contribution in [-0.2, 0) is 23.0 Å². The molecule has 1 aromatic heterocycles. The third kappa shape index (κ3) is 6.86. The summed E-state index contributed by atoms with van der Waals surface area (Å²) >= 11 is 0. The van der Waals surface area contributed by atoms with Crippen LogP contribution in [0.3, 0.4) is 0 Å². The van der Waals surface area contributed by atoms with Crippen molar-refractivity contribution in [3.05, 3.63) is 77.9 Å². The van der Waals surface area contributed by atoms with Gasteiger partial charge in [-0.2, -0.15) is 0 Å². The van der Waals surface area contributed by atoms with Crippen LogP contribution in [0, 0.1) is 0 Å². The van der Waals surface area contributed by atoms with Gasteiger partial charge in [0.1, 0.15) is 5.75 Å². The topological polar surface area (TPSA) is 117 Å². The van der Waals surface area contributed by atoms with Gasteiger partial charge in [-0.3, -0.25) is 4.72 Å². The number of benzene rings is 3. The van der Waals surface area contributed by atoms with Gasteiger partial charge in [-0.05, 0) is 62.0 Å². The van der Waals surface area contributed by atoms with Crippen molar-refractivity contribution in [2.45, 2.75) is 17.9 Å². The van der Waals surface area contributed by atoms with E-state index in [0.717, 1.165) is 11.1 Å². The minimum atomic E-state index is -3.95. The fraction of sp³-hybridized carbons (Fsp3) is 0.231. The molecule has 0 atom stereocenters. The molecule has 0 amide bonds. The summed E-state index contributed by atoms with van der Waals surface area (Å²) in [7, 11) is 1.52. The second-order valence-corrected chi connectivity index (χ2v) is 10.2. The van der Waals surface area contributed by atoms with Gasteiger partial charge in [0.15, 0.2) is 11.6 Å². The Bertz CT molecular complexity index is 1460. The standard InChI is InChI=1S/C26H29N5O4S.ClH/c1-31(2)17-18-8-12-21(13-9-18)36(33,34)30-26-25(27-22-6-4-5-7-23(22)28-26)29-24-16-20(35-3)11-10-19(24)14-15-32;/h4-13,16,32H,14-15,17H2,1-3H3,(H,27,29)(H,28,30);1H. The van der Waals surface area contributed by atoms with Gasteiger partial charge in [0, 0.05) is 24.9 Å². The number of rotatable bonds is 10. The molecule has 0 fully saturated rings. The third-order valence-electron chi connectivity index (χ3n) is 5.49. The van der Waals surface area contributed by atoms with Crippen molar-refractivity contribution in [2.75, 3.05) is 37.9 Å². The molecule has 0 aliphatic heterocycles. The molecule has 0 saturated carbocycles. The summed E-state index contributed by atoms with van der Waals surface area (Å²) in [6, 6.07) is 19.3. The van der Waals surface area contributed by atoms with Gasteiger partial charge < -0.3 is 20.1 Å². The molecule has 37 heavy (non-hydrogen) atoms. The maximum atomic E-state index is 13.3. The number of sulfonamides is 1. The Morgan fingerprint density at radius 3 is 2.19 bits per heavy atom. The first kappa shape index (κ1) is 28.1. The molecule has 0 aliphatic carbocycles.